The van der Waals surface area contributed by atoms with Gasteiger partial charge in [-0.2, -0.15) is 0 Å². The van der Waals surface area contributed by atoms with Gasteiger partial charge in [0.2, 0.25) is 0 Å². The second-order valence-corrected chi connectivity index (χ2v) is 3.92. The first kappa shape index (κ1) is 22.4. The molecule has 4 N–H and O–H groups in total. The molecule has 0 aliphatic rings. The minimum absolute atomic E-state index is 0.266. The van der Waals surface area contributed by atoms with Crippen molar-refractivity contribution >= 4 is 24.5 Å². The monoisotopic (exact) mass is 324 g/mol. The minimum atomic E-state index is -1.34. The molecule has 4 unspecified atom stereocenters. The molecule has 0 saturated heterocycles. The molecule has 0 aromatic rings. The molecular weight excluding hydrogens is 304 g/mol. The van der Waals surface area contributed by atoms with E-state index in [1.165, 1.54) is 0 Å². The molecule has 0 saturated carbocycles. The van der Waals surface area contributed by atoms with Crippen LogP contribution >= 0.6 is 0 Å². The van der Waals surface area contributed by atoms with E-state index < -0.39 is 49.6 Å². The van der Waals surface area contributed by atoms with Crippen LogP contribution in [0.15, 0.2) is 0 Å². The fraction of sp³-hybridized carbons (Fsp3) is 0.667. The lowest BCUT2D eigenvalue weighted by Gasteiger charge is -2.14. The first-order chi connectivity index (χ1) is 10.2. The predicted octanol–water partition coefficient (Wildman–Crippen LogP) is -3.06. The van der Waals surface area contributed by atoms with Crippen molar-refractivity contribution in [2.75, 3.05) is 13.2 Å². The molecule has 0 rings (SSSR count). The van der Waals surface area contributed by atoms with Gasteiger partial charge in [0.05, 0.1) is 13.2 Å². The molecule has 4 atom stereocenters. The molecule has 0 fully saturated rings. The summed E-state index contributed by atoms with van der Waals surface area (Å²) in [5.41, 5.74) is 0. The number of aliphatic hydroxyl groups is 4. The maximum Gasteiger partial charge on any atom is 0.303 e. The fourth-order valence-corrected chi connectivity index (χ4v) is 0.985. The minimum Gasteiger partial charge on any atom is -0.452 e. The average molecular weight is 324 g/mol. The van der Waals surface area contributed by atoms with Crippen LogP contribution in [0.25, 0.3) is 0 Å². The summed E-state index contributed by atoms with van der Waals surface area (Å²) in [4.78, 5) is 40.7. The molecule has 10 heteroatoms. The van der Waals surface area contributed by atoms with Crippen LogP contribution < -0.4 is 0 Å². The molecule has 128 valence electrons. The van der Waals surface area contributed by atoms with Gasteiger partial charge in [0.1, 0.15) is 12.2 Å². The van der Waals surface area contributed by atoms with Crippen LogP contribution in [0.1, 0.15) is 13.8 Å². The second-order valence-electron chi connectivity index (χ2n) is 3.92. The molecule has 22 heavy (non-hydrogen) atoms. The largest absolute Gasteiger partial charge is 0.452 e. The Morgan fingerprint density at radius 3 is 1.27 bits per heavy atom. The van der Waals surface area contributed by atoms with Crippen LogP contribution in [0.2, 0.25) is 0 Å². The van der Waals surface area contributed by atoms with Crippen LogP contribution in [0.4, 0.5) is 0 Å². The summed E-state index contributed by atoms with van der Waals surface area (Å²) in [5.74, 6) is -1.34. The summed E-state index contributed by atoms with van der Waals surface area (Å²) in [7, 11) is 0. The zero-order chi connectivity index (χ0) is 17.7. The van der Waals surface area contributed by atoms with E-state index in [9.17, 15) is 19.2 Å². The fourth-order valence-electron chi connectivity index (χ4n) is 0.985. The molecule has 0 amide bonds. The Hall–Kier alpha value is -1.88. The van der Waals surface area contributed by atoms with E-state index in [-0.39, 0.29) is 12.6 Å². The third-order valence-electron chi connectivity index (χ3n) is 2.00. The Balaban J connectivity index is 0. The summed E-state index contributed by atoms with van der Waals surface area (Å²) in [6.45, 7) is 0.995. The van der Waals surface area contributed by atoms with Crippen molar-refractivity contribution in [3.8, 4) is 0 Å². The first-order valence-electron chi connectivity index (χ1n) is 6.06. The van der Waals surface area contributed by atoms with Crippen LogP contribution in [0.3, 0.4) is 0 Å². The van der Waals surface area contributed by atoms with Gasteiger partial charge in [-0.05, 0) is 0 Å². The molecule has 0 radical (unpaired) electrons. The van der Waals surface area contributed by atoms with Crippen LogP contribution in [0, 0.1) is 0 Å². The van der Waals surface area contributed by atoms with Crippen molar-refractivity contribution in [1.82, 2.24) is 0 Å². The van der Waals surface area contributed by atoms with Gasteiger partial charge < -0.3 is 29.9 Å². The van der Waals surface area contributed by atoms with Gasteiger partial charge in [-0.15, -0.1) is 0 Å². The summed E-state index contributed by atoms with van der Waals surface area (Å²) in [5, 5.41) is 34.3. The standard InChI is InChI=1S/2C6H10O5/c2*1-4(9)11-6(3-8)5(10)2-7/h2*3,5-7,10H,2H2,1H3. The van der Waals surface area contributed by atoms with Crippen molar-refractivity contribution < 1.29 is 49.1 Å². The van der Waals surface area contributed by atoms with Crippen molar-refractivity contribution in [2.45, 2.75) is 38.3 Å². The number of ether oxygens (including phenoxy) is 2. The van der Waals surface area contributed by atoms with E-state index in [0.29, 0.717) is 0 Å². The Labute approximate surface area is 126 Å². The van der Waals surface area contributed by atoms with Crippen molar-refractivity contribution in [2.24, 2.45) is 0 Å². The number of carbonyl (C=O) groups excluding carboxylic acids is 4. The number of aliphatic hydroxyl groups excluding tert-OH is 4. The number of carbonyl (C=O) groups is 4. The van der Waals surface area contributed by atoms with Crippen LogP contribution in [-0.2, 0) is 28.7 Å². The molecule has 10 nitrogen and oxygen atoms in total. The topological polar surface area (TPSA) is 168 Å². The molecule has 0 aromatic carbocycles. The normalized spacial score (nSPS) is 15.2. The lowest BCUT2D eigenvalue weighted by atomic mass is 10.2. The van der Waals surface area contributed by atoms with Gasteiger partial charge >= 0.3 is 11.9 Å². The molecule has 0 bridgehead atoms. The van der Waals surface area contributed by atoms with Gasteiger partial charge in [0.25, 0.3) is 0 Å². The Morgan fingerprint density at radius 1 is 0.864 bits per heavy atom. The summed E-state index contributed by atoms with van der Waals surface area (Å²) >= 11 is 0. The molecule has 0 aliphatic heterocycles. The van der Waals surface area contributed by atoms with Crippen molar-refractivity contribution in [1.29, 1.82) is 0 Å². The molecule has 0 spiro atoms. The average Bonchev–Trinajstić information content (AvgIpc) is 2.48. The maximum absolute atomic E-state index is 10.3. The Kier molecular flexibility index (Phi) is 13.1. The molecule has 0 aromatic heterocycles. The van der Waals surface area contributed by atoms with E-state index >= 15 is 0 Å². The van der Waals surface area contributed by atoms with E-state index in [2.05, 4.69) is 9.47 Å². The van der Waals surface area contributed by atoms with Gasteiger partial charge in [0, 0.05) is 13.8 Å². The van der Waals surface area contributed by atoms with Crippen LogP contribution in [-0.4, -0.2) is 82.6 Å². The molecule has 0 heterocycles. The Morgan fingerprint density at radius 2 is 1.14 bits per heavy atom. The molecular formula is C12H20O10. The van der Waals surface area contributed by atoms with E-state index in [4.69, 9.17) is 20.4 Å². The highest BCUT2D eigenvalue weighted by atomic mass is 16.6. The zero-order valence-electron chi connectivity index (χ0n) is 12.1. The summed E-state index contributed by atoms with van der Waals surface area (Å²) < 4.78 is 8.67. The smallest absolute Gasteiger partial charge is 0.303 e. The lowest BCUT2D eigenvalue weighted by molar-refractivity contribution is -0.157. The zero-order valence-corrected chi connectivity index (χ0v) is 12.1. The molecule has 0 aliphatic carbocycles. The van der Waals surface area contributed by atoms with Gasteiger partial charge in [-0.25, -0.2) is 0 Å². The summed E-state index contributed by atoms with van der Waals surface area (Å²) in [6, 6.07) is 0. The van der Waals surface area contributed by atoms with Crippen molar-refractivity contribution in [3.63, 3.8) is 0 Å². The van der Waals surface area contributed by atoms with Gasteiger partial charge in [-0.1, -0.05) is 0 Å². The van der Waals surface area contributed by atoms with Gasteiger partial charge in [-0.3, -0.25) is 19.2 Å². The van der Waals surface area contributed by atoms with E-state index in [1.54, 1.807) is 0 Å². The van der Waals surface area contributed by atoms with E-state index in [1.807, 2.05) is 0 Å². The highest BCUT2D eigenvalue weighted by Crippen LogP contribution is 1.96. The first-order valence-corrected chi connectivity index (χ1v) is 6.06. The highest BCUT2D eigenvalue weighted by Gasteiger charge is 2.20. The SMILES string of the molecule is CC(=O)OC(C=O)C(O)CO.CC(=O)OC(C=O)C(O)CO. The maximum atomic E-state index is 10.3. The number of aldehydes is 2. The Bertz CT molecular complexity index is 322. The number of esters is 2. The van der Waals surface area contributed by atoms with Crippen molar-refractivity contribution in [3.05, 3.63) is 0 Å². The number of rotatable bonds is 8. The lowest BCUT2D eigenvalue weighted by Crippen LogP contribution is -2.34. The predicted molar refractivity (Wildman–Crippen MR) is 69.4 cm³/mol. The number of hydrogen-bond acceptors (Lipinski definition) is 10. The number of hydrogen-bond donors (Lipinski definition) is 4. The third-order valence-corrected chi connectivity index (χ3v) is 2.00. The third kappa shape index (κ3) is 10.9. The summed E-state index contributed by atoms with van der Waals surface area (Å²) in [6.07, 6.45) is -4.67. The highest BCUT2D eigenvalue weighted by molar-refractivity contribution is 5.70. The van der Waals surface area contributed by atoms with Gasteiger partial charge in [0.15, 0.2) is 24.8 Å². The quantitative estimate of drug-likeness (QED) is 0.266. The van der Waals surface area contributed by atoms with E-state index in [0.717, 1.165) is 13.8 Å². The van der Waals surface area contributed by atoms with Crippen LogP contribution in [0.5, 0.6) is 0 Å². The second kappa shape index (κ2) is 12.8.